The number of fused-ring (bicyclic) bond motifs is 5. The molecular formula is C21H25FN4O2. The van der Waals surface area contributed by atoms with Gasteiger partial charge in [0.05, 0.1) is 11.1 Å². The predicted molar refractivity (Wildman–Crippen MR) is 105 cm³/mol. The molecule has 0 radical (unpaired) electrons. The number of pyridine rings is 1. The van der Waals surface area contributed by atoms with Gasteiger partial charge in [-0.05, 0) is 43.9 Å². The number of hydrogen-bond acceptors (Lipinski definition) is 3. The molecule has 0 spiro atoms. The lowest BCUT2D eigenvalue weighted by molar-refractivity contribution is 0.0587. The Morgan fingerprint density at radius 1 is 1.14 bits per heavy atom. The van der Waals surface area contributed by atoms with E-state index in [2.05, 4.69) is 4.98 Å². The summed E-state index contributed by atoms with van der Waals surface area (Å²) in [5, 5.41) is 0.665. The largest absolute Gasteiger partial charge is 0.334 e. The van der Waals surface area contributed by atoms with Crippen molar-refractivity contribution < 1.29 is 14.0 Å². The van der Waals surface area contributed by atoms with Crippen LogP contribution in [-0.2, 0) is 0 Å². The first-order valence-corrected chi connectivity index (χ1v) is 9.67. The zero-order valence-corrected chi connectivity index (χ0v) is 16.5. The van der Waals surface area contributed by atoms with Crippen LogP contribution in [0, 0.1) is 18.7 Å². The molecule has 0 unspecified atom stereocenters. The minimum atomic E-state index is -0.365. The molecule has 3 saturated heterocycles. The zero-order chi connectivity index (χ0) is 20.0. The van der Waals surface area contributed by atoms with Gasteiger partial charge in [-0.2, -0.15) is 0 Å². The summed E-state index contributed by atoms with van der Waals surface area (Å²) < 4.78 is 13.6. The highest BCUT2D eigenvalue weighted by Gasteiger charge is 2.39. The van der Waals surface area contributed by atoms with Gasteiger partial charge in [0.1, 0.15) is 5.82 Å². The Morgan fingerprint density at radius 3 is 2.68 bits per heavy atom. The standard InChI is InChI=1S/C21H25FN4O2/c1-13-8-18(17-7-5-15(22)9-19(17)23-13)20(27)26-11-14-4-6-16(26)12-25(10-14)21(28)24(2)3/h5,7-9,14,16H,4,6,10-12H2,1-3H3/t14-,16+/m0/s1. The quantitative estimate of drug-likeness (QED) is 0.760. The molecule has 5 rings (SSSR count). The van der Waals surface area contributed by atoms with Crippen LogP contribution in [-0.4, -0.2) is 71.4 Å². The Bertz CT molecular complexity index is 940. The van der Waals surface area contributed by atoms with Crippen LogP contribution in [0.1, 0.15) is 28.9 Å². The van der Waals surface area contributed by atoms with Crippen molar-refractivity contribution in [1.82, 2.24) is 19.7 Å². The monoisotopic (exact) mass is 384 g/mol. The van der Waals surface area contributed by atoms with E-state index < -0.39 is 0 Å². The second-order valence-electron chi connectivity index (χ2n) is 8.11. The lowest BCUT2D eigenvalue weighted by Crippen LogP contribution is -2.48. The first kappa shape index (κ1) is 18.7. The van der Waals surface area contributed by atoms with Crippen LogP contribution in [0.4, 0.5) is 9.18 Å². The summed E-state index contributed by atoms with van der Waals surface area (Å²) in [6.07, 6.45) is 1.91. The van der Waals surface area contributed by atoms with Gasteiger partial charge >= 0.3 is 6.03 Å². The number of benzene rings is 1. The van der Waals surface area contributed by atoms with Crippen LogP contribution in [0.15, 0.2) is 24.3 Å². The van der Waals surface area contributed by atoms with Gasteiger partial charge in [-0.3, -0.25) is 9.78 Å². The summed E-state index contributed by atoms with van der Waals surface area (Å²) in [4.78, 5) is 35.7. The highest BCUT2D eigenvalue weighted by molar-refractivity contribution is 6.06. The van der Waals surface area contributed by atoms with E-state index in [0.29, 0.717) is 41.8 Å². The smallest absolute Gasteiger partial charge is 0.319 e. The normalized spacial score (nSPS) is 21.7. The fourth-order valence-corrected chi connectivity index (χ4v) is 4.44. The SMILES string of the molecule is Cc1cc(C(=O)N2C[C@H]3CC[C@@H]2CN(C(=O)N(C)C)C3)c2ccc(F)cc2n1. The van der Waals surface area contributed by atoms with Gasteiger partial charge in [0.15, 0.2) is 0 Å². The molecule has 2 bridgehead atoms. The van der Waals surface area contributed by atoms with Gasteiger partial charge in [0.25, 0.3) is 5.91 Å². The van der Waals surface area contributed by atoms with E-state index >= 15 is 0 Å². The van der Waals surface area contributed by atoms with Crippen LogP contribution in [0.25, 0.3) is 10.9 Å². The number of nitrogens with zero attached hydrogens (tertiary/aromatic N) is 4. The minimum Gasteiger partial charge on any atom is -0.334 e. The van der Waals surface area contributed by atoms with Crippen LogP contribution in [0.2, 0.25) is 0 Å². The summed E-state index contributed by atoms with van der Waals surface area (Å²) in [7, 11) is 3.51. The molecule has 3 aliphatic heterocycles. The predicted octanol–water partition coefficient (Wildman–Crippen LogP) is 2.90. The number of carbonyl (C=O) groups is 2. The van der Waals surface area contributed by atoms with Crippen molar-refractivity contribution in [3.05, 3.63) is 41.3 Å². The molecule has 2 aromatic rings. The van der Waals surface area contributed by atoms with Crippen molar-refractivity contribution in [3.63, 3.8) is 0 Å². The lowest BCUT2D eigenvalue weighted by atomic mass is 9.94. The number of carbonyl (C=O) groups excluding carboxylic acids is 2. The van der Waals surface area contributed by atoms with E-state index in [9.17, 15) is 14.0 Å². The highest BCUT2D eigenvalue weighted by Crippen LogP contribution is 2.31. The fraction of sp³-hybridized carbons (Fsp3) is 0.476. The van der Waals surface area contributed by atoms with Crippen LogP contribution in [0.5, 0.6) is 0 Å². The van der Waals surface area contributed by atoms with E-state index in [1.807, 2.05) is 16.7 Å². The van der Waals surface area contributed by atoms with E-state index in [0.717, 1.165) is 12.8 Å². The zero-order valence-electron chi connectivity index (χ0n) is 16.5. The molecule has 4 heterocycles. The van der Waals surface area contributed by atoms with E-state index in [-0.39, 0.29) is 29.7 Å². The number of urea groups is 1. The number of aromatic nitrogens is 1. The second kappa shape index (κ2) is 7.04. The fourth-order valence-electron chi connectivity index (χ4n) is 4.44. The van der Waals surface area contributed by atoms with E-state index in [1.54, 1.807) is 31.1 Å². The minimum absolute atomic E-state index is 0.000815. The molecule has 0 N–H and O–H groups in total. The van der Waals surface area contributed by atoms with Gasteiger partial charge in [0, 0.05) is 56.9 Å². The Hall–Kier alpha value is -2.70. The molecule has 0 aliphatic carbocycles. The van der Waals surface area contributed by atoms with Crippen LogP contribution < -0.4 is 0 Å². The van der Waals surface area contributed by atoms with Gasteiger partial charge in [-0.1, -0.05) is 0 Å². The van der Waals surface area contributed by atoms with Crippen molar-refractivity contribution >= 4 is 22.8 Å². The topological polar surface area (TPSA) is 56.8 Å². The molecule has 1 aromatic heterocycles. The molecular weight excluding hydrogens is 359 g/mol. The number of rotatable bonds is 1. The molecule has 6 nitrogen and oxygen atoms in total. The summed E-state index contributed by atoms with van der Waals surface area (Å²) in [5.41, 5.74) is 1.74. The summed E-state index contributed by atoms with van der Waals surface area (Å²) in [5.74, 6) is -0.148. The average molecular weight is 384 g/mol. The molecule has 3 amide bonds. The van der Waals surface area contributed by atoms with Gasteiger partial charge in [-0.25, -0.2) is 9.18 Å². The summed E-state index contributed by atoms with van der Waals surface area (Å²) >= 11 is 0. The summed E-state index contributed by atoms with van der Waals surface area (Å²) in [6.45, 7) is 3.69. The number of halogens is 1. The maximum absolute atomic E-state index is 13.6. The second-order valence-corrected chi connectivity index (χ2v) is 8.11. The highest BCUT2D eigenvalue weighted by atomic mass is 19.1. The van der Waals surface area contributed by atoms with Crippen molar-refractivity contribution in [2.45, 2.75) is 25.8 Å². The molecule has 0 saturated carbocycles. The first-order chi connectivity index (χ1) is 13.3. The lowest BCUT2D eigenvalue weighted by Gasteiger charge is -2.36. The van der Waals surface area contributed by atoms with Gasteiger partial charge < -0.3 is 14.7 Å². The molecule has 3 aliphatic rings. The Kier molecular flexibility index (Phi) is 4.69. The maximum Gasteiger partial charge on any atom is 0.319 e. The number of amides is 3. The van der Waals surface area contributed by atoms with Crippen molar-refractivity contribution in [2.75, 3.05) is 33.7 Å². The number of piperidine rings is 1. The third kappa shape index (κ3) is 3.30. The van der Waals surface area contributed by atoms with E-state index in [1.165, 1.54) is 12.1 Å². The third-order valence-corrected chi connectivity index (χ3v) is 5.76. The first-order valence-electron chi connectivity index (χ1n) is 9.67. The van der Waals surface area contributed by atoms with Crippen molar-refractivity contribution in [3.8, 4) is 0 Å². The molecule has 28 heavy (non-hydrogen) atoms. The molecule has 3 fully saturated rings. The molecule has 1 aromatic carbocycles. The number of hydrogen-bond donors (Lipinski definition) is 0. The molecule has 2 atom stereocenters. The van der Waals surface area contributed by atoms with Crippen molar-refractivity contribution in [2.24, 2.45) is 5.92 Å². The molecule has 7 heteroatoms. The average Bonchev–Trinajstić information content (AvgIpc) is 2.97. The Balaban J connectivity index is 1.68. The number of aryl methyl sites for hydroxylation is 1. The third-order valence-electron chi connectivity index (χ3n) is 5.76. The maximum atomic E-state index is 13.6. The Morgan fingerprint density at radius 2 is 1.93 bits per heavy atom. The molecule has 148 valence electrons. The Labute approximate surface area is 163 Å². The van der Waals surface area contributed by atoms with Crippen LogP contribution in [0.3, 0.4) is 0 Å². The van der Waals surface area contributed by atoms with E-state index in [4.69, 9.17) is 0 Å². The summed E-state index contributed by atoms with van der Waals surface area (Å²) in [6, 6.07) is 6.13. The van der Waals surface area contributed by atoms with Gasteiger partial charge in [0.2, 0.25) is 0 Å². The van der Waals surface area contributed by atoms with Gasteiger partial charge in [-0.15, -0.1) is 0 Å². The van der Waals surface area contributed by atoms with Crippen LogP contribution >= 0.6 is 0 Å². The van der Waals surface area contributed by atoms with Crippen molar-refractivity contribution in [1.29, 1.82) is 0 Å².